The van der Waals surface area contributed by atoms with Crippen LogP contribution in [-0.2, 0) is 4.74 Å². The van der Waals surface area contributed by atoms with Gasteiger partial charge in [-0.1, -0.05) is 0 Å². The van der Waals surface area contributed by atoms with Crippen molar-refractivity contribution < 1.29 is 79.4 Å². The van der Waals surface area contributed by atoms with Gasteiger partial charge in [-0.3, -0.25) is 4.90 Å². The lowest BCUT2D eigenvalue weighted by Gasteiger charge is -2.45. The van der Waals surface area contributed by atoms with Gasteiger partial charge in [0, 0.05) is 13.1 Å². The zero-order valence-electron chi connectivity index (χ0n) is 17.3. The smallest absolute Gasteiger partial charge is 0.365 e. The zero-order valence-corrected chi connectivity index (χ0v) is 17.3. The Bertz CT molecular complexity index is 736. The number of nitrogens with zero attached hydrogens (tertiary/aromatic N) is 1. The molecule has 2 nitrogen and oxygen atoms in total. The number of hydrogen-bond donors (Lipinski definition) is 0. The minimum Gasteiger partial charge on any atom is -0.365 e. The molecular weight excluding hydrogens is 557 g/mol. The Kier molecular flexibility index (Phi) is 8.15. The van der Waals surface area contributed by atoms with Gasteiger partial charge in [-0.2, -0.15) is 52.7 Å². The van der Waals surface area contributed by atoms with E-state index in [2.05, 4.69) is 4.74 Å². The average molecular weight is 573 g/mol. The molecule has 36 heavy (non-hydrogen) atoms. The van der Waals surface area contributed by atoms with Crippen LogP contribution in [0.1, 0.15) is 19.3 Å². The fourth-order valence-electron chi connectivity index (χ4n) is 4.14. The monoisotopic (exact) mass is 573 g/mol. The van der Waals surface area contributed by atoms with Crippen molar-refractivity contribution in [1.82, 2.24) is 4.90 Å². The molecule has 7 unspecified atom stereocenters. The van der Waals surface area contributed by atoms with Gasteiger partial charge in [-0.15, -0.1) is 0 Å². The van der Waals surface area contributed by atoms with Crippen LogP contribution in [0.25, 0.3) is 0 Å². The number of halogens is 17. The Morgan fingerprint density at radius 1 is 0.639 bits per heavy atom. The molecule has 2 aliphatic heterocycles. The highest BCUT2D eigenvalue weighted by molar-refractivity contribution is 5.06. The van der Waals surface area contributed by atoms with Gasteiger partial charge in [0.2, 0.25) is 0 Å². The highest BCUT2D eigenvalue weighted by atomic mass is 19.4. The molecule has 7 atom stereocenters. The number of hydrogen-bond acceptors (Lipinski definition) is 2. The highest BCUT2D eigenvalue weighted by Crippen LogP contribution is 2.52. The molecule has 0 saturated carbocycles. The lowest BCUT2D eigenvalue weighted by atomic mass is 9.85. The molecule has 19 heteroatoms. The molecule has 0 aromatic rings. The second kappa shape index (κ2) is 9.48. The number of ether oxygens (including phenoxy) is 1. The van der Waals surface area contributed by atoms with Gasteiger partial charge < -0.3 is 4.74 Å². The molecule has 0 aliphatic carbocycles. The van der Waals surface area contributed by atoms with Crippen LogP contribution in [-0.4, -0.2) is 79.0 Å². The Morgan fingerprint density at radius 2 is 1.06 bits per heavy atom. The third-order valence-electron chi connectivity index (χ3n) is 6.05. The first-order valence-electron chi connectivity index (χ1n) is 9.85. The molecular formula is C17H16F17NO. The molecule has 0 amide bonds. The van der Waals surface area contributed by atoms with E-state index in [1.165, 1.54) is 0 Å². The molecule has 2 saturated heterocycles. The van der Waals surface area contributed by atoms with Crippen molar-refractivity contribution in [2.45, 2.75) is 80.2 Å². The van der Waals surface area contributed by atoms with Gasteiger partial charge in [0.1, 0.15) is 12.2 Å². The first kappa shape index (κ1) is 31.0. The largest absolute Gasteiger partial charge is 0.429 e. The van der Waals surface area contributed by atoms with Crippen molar-refractivity contribution in [2.75, 3.05) is 13.1 Å². The van der Waals surface area contributed by atoms with Gasteiger partial charge in [0.25, 0.3) is 11.8 Å². The average Bonchev–Trinajstić information content (AvgIpc) is 3.20. The Hall–Kier alpha value is -1.27. The predicted octanol–water partition coefficient (Wildman–Crippen LogP) is 6.70. The summed E-state index contributed by atoms with van der Waals surface area (Å²) in [5.74, 6) is -11.7. The molecule has 0 N–H and O–H groups in total. The molecule has 214 valence electrons. The van der Waals surface area contributed by atoms with Crippen LogP contribution in [0.5, 0.6) is 0 Å². The van der Waals surface area contributed by atoms with Gasteiger partial charge in [0.15, 0.2) is 6.30 Å². The molecule has 2 aliphatic rings. The van der Waals surface area contributed by atoms with Crippen LogP contribution in [0.3, 0.4) is 0 Å². The molecule has 2 rings (SSSR count). The Morgan fingerprint density at radius 3 is 1.42 bits per heavy atom. The number of likely N-dealkylation sites (tertiary alicyclic amines) is 1. The topological polar surface area (TPSA) is 12.5 Å². The van der Waals surface area contributed by atoms with Crippen molar-refractivity contribution in [3.8, 4) is 0 Å². The highest BCUT2D eigenvalue weighted by Gasteiger charge is 2.72. The predicted molar refractivity (Wildman–Crippen MR) is 83.9 cm³/mol. The van der Waals surface area contributed by atoms with Crippen LogP contribution in [0.15, 0.2) is 0 Å². The maximum absolute atomic E-state index is 15.2. The van der Waals surface area contributed by atoms with Crippen molar-refractivity contribution in [1.29, 1.82) is 0 Å². The maximum atomic E-state index is 15.2. The van der Waals surface area contributed by atoms with E-state index in [0.717, 1.165) is 0 Å². The minimum atomic E-state index is -6.51. The second-order valence-corrected chi connectivity index (χ2v) is 8.54. The molecule has 0 spiro atoms. The first-order chi connectivity index (χ1) is 15.8. The maximum Gasteiger partial charge on any atom is 0.429 e. The molecule has 0 bridgehead atoms. The summed E-state index contributed by atoms with van der Waals surface area (Å²) < 4.78 is 231. The number of rotatable bonds is 5. The normalized spacial score (nSPS) is 31.2. The third kappa shape index (κ3) is 5.90. The van der Waals surface area contributed by atoms with Crippen molar-refractivity contribution in [3.05, 3.63) is 0 Å². The van der Waals surface area contributed by atoms with Crippen molar-refractivity contribution >= 4 is 0 Å². The van der Waals surface area contributed by atoms with E-state index in [4.69, 9.17) is 0 Å². The minimum absolute atomic E-state index is 0.754. The summed E-state index contributed by atoms with van der Waals surface area (Å²) in [6.45, 7) is -3.77. The van der Waals surface area contributed by atoms with E-state index >= 15 is 4.39 Å². The summed E-state index contributed by atoms with van der Waals surface area (Å²) in [6.07, 6.45) is -44.8. The van der Waals surface area contributed by atoms with Crippen molar-refractivity contribution in [3.63, 3.8) is 0 Å². The summed E-state index contributed by atoms with van der Waals surface area (Å²) in [5.41, 5.74) is -5.56. The standard InChI is InChI=1S/C17H16F17NO/c18-10(16(29,30)31)13(21,22)9-2-1-8(36-9)12(20,17(32,33)34)11(19)35-4-6(14(23,24)25)3-7(5-35)15(26,27)28/h6-11H,1-5H2. The number of alkyl halides is 17. The molecule has 0 radical (unpaired) electrons. The molecule has 0 aromatic carbocycles. The summed E-state index contributed by atoms with van der Waals surface area (Å²) >= 11 is 0. The van der Waals surface area contributed by atoms with E-state index in [1.807, 2.05) is 0 Å². The van der Waals surface area contributed by atoms with Gasteiger partial charge in [-0.25, -0.2) is 22.0 Å². The van der Waals surface area contributed by atoms with E-state index in [-0.39, 0.29) is 0 Å². The van der Waals surface area contributed by atoms with E-state index in [9.17, 15) is 70.2 Å². The van der Waals surface area contributed by atoms with Crippen molar-refractivity contribution in [2.24, 2.45) is 11.8 Å². The Balaban J connectivity index is 2.40. The number of piperidine rings is 1. The lowest BCUT2D eigenvalue weighted by molar-refractivity contribution is -0.321. The van der Waals surface area contributed by atoms with E-state index in [0.29, 0.717) is 0 Å². The fraction of sp³-hybridized carbons (Fsp3) is 1.00. The SMILES string of the molecule is FC(C(F)(F)F)C(F)(F)C1CCC(C(F)(C(F)N2CC(C(F)(F)F)CC(C(F)(F)F)C2)C(F)(F)F)O1. The molecule has 0 aromatic heterocycles. The van der Waals surface area contributed by atoms with Gasteiger partial charge >= 0.3 is 30.6 Å². The van der Waals surface area contributed by atoms with Crippen LogP contribution >= 0.6 is 0 Å². The quantitative estimate of drug-likeness (QED) is 0.268. The van der Waals surface area contributed by atoms with Gasteiger partial charge in [-0.05, 0) is 19.3 Å². The first-order valence-corrected chi connectivity index (χ1v) is 9.85. The summed E-state index contributed by atoms with van der Waals surface area (Å²) in [5, 5.41) is 0. The van der Waals surface area contributed by atoms with Crippen LogP contribution in [0, 0.1) is 11.8 Å². The van der Waals surface area contributed by atoms with Crippen LogP contribution < -0.4 is 0 Å². The molecule has 2 heterocycles. The summed E-state index contributed by atoms with van der Waals surface area (Å²) in [7, 11) is 0. The van der Waals surface area contributed by atoms with Crippen LogP contribution in [0.4, 0.5) is 74.6 Å². The Labute approximate surface area is 190 Å². The van der Waals surface area contributed by atoms with Crippen LogP contribution in [0.2, 0.25) is 0 Å². The van der Waals surface area contributed by atoms with E-state index in [1.54, 1.807) is 0 Å². The summed E-state index contributed by atoms with van der Waals surface area (Å²) in [6, 6.07) is 0. The lowest BCUT2D eigenvalue weighted by Crippen LogP contribution is -2.65. The summed E-state index contributed by atoms with van der Waals surface area (Å²) in [4.78, 5) is -0.754. The van der Waals surface area contributed by atoms with E-state index < -0.39 is 110 Å². The third-order valence-corrected chi connectivity index (χ3v) is 6.05. The molecule has 2 fully saturated rings. The second-order valence-electron chi connectivity index (χ2n) is 8.54. The zero-order chi connectivity index (χ0) is 28.3. The fourth-order valence-corrected chi connectivity index (χ4v) is 4.14. The van der Waals surface area contributed by atoms with Gasteiger partial charge in [0.05, 0.1) is 11.8 Å².